The Labute approximate surface area is 115 Å². The molecule has 0 aromatic heterocycles. The van der Waals surface area contributed by atoms with Gasteiger partial charge in [-0.15, -0.1) is 0 Å². The topological polar surface area (TPSA) is 60.9 Å². The number of rotatable bonds is 3. The van der Waals surface area contributed by atoms with Crippen LogP contribution in [0.1, 0.15) is 41.0 Å². The van der Waals surface area contributed by atoms with Gasteiger partial charge in [-0.05, 0) is 31.6 Å². The van der Waals surface area contributed by atoms with Gasteiger partial charge in [0.15, 0.2) is 0 Å². The van der Waals surface area contributed by atoms with Crippen LogP contribution in [-0.2, 0) is 4.79 Å². The summed E-state index contributed by atoms with van der Waals surface area (Å²) >= 11 is 0. The maximum Gasteiger partial charge on any atom is 0.323 e. The molecule has 0 bridgehead atoms. The summed E-state index contributed by atoms with van der Waals surface area (Å²) in [5.41, 5.74) is 0.185. The average molecular weight is 270 g/mol. The highest BCUT2D eigenvalue weighted by Crippen LogP contribution is 2.33. The van der Waals surface area contributed by atoms with Gasteiger partial charge in [-0.3, -0.25) is 4.79 Å². The molecule has 1 aliphatic heterocycles. The van der Waals surface area contributed by atoms with Crippen LogP contribution in [0.3, 0.4) is 0 Å². The first-order chi connectivity index (χ1) is 8.62. The van der Waals surface area contributed by atoms with Crippen LogP contribution in [0.2, 0.25) is 0 Å². The summed E-state index contributed by atoms with van der Waals surface area (Å²) in [5, 5.41) is 8.89. The van der Waals surface area contributed by atoms with Crippen molar-refractivity contribution in [1.29, 1.82) is 0 Å². The summed E-state index contributed by atoms with van der Waals surface area (Å²) in [6.07, 6.45) is 0.994. The van der Waals surface area contributed by atoms with Gasteiger partial charge in [0.1, 0.15) is 6.54 Å². The summed E-state index contributed by atoms with van der Waals surface area (Å²) < 4.78 is 0. The van der Waals surface area contributed by atoms with Crippen molar-refractivity contribution in [1.82, 2.24) is 9.80 Å². The number of carbonyl (C=O) groups is 2. The molecule has 1 heterocycles. The van der Waals surface area contributed by atoms with E-state index in [1.807, 2.05) is 13.8 Å². The number of hydrogen-bond donors (Lipinski definition) is 1. The van der Waals surface area contributed by atoms with Crippen LogP contribution in [0.15, 0.2) is 0 Å². The molecule has 0 spiro atoms. The van der Waals surface area contributed by atoms with Gasteiger partial charge >= 0.3 is 12.0 Å². The Balaban J connectivity index is 2.69. The predicted octanol–water partition coefficient (Wildman–Crippen LogP) is 2.27. The molecule has 1 aliphatic rings. The molecule has 0 radical (unpaired) electrons. The lowest BCUT2D eigenvalue weighted by atomic mass is 9.80. The van der Waals surface area contributed by atoms with Crippen molar-refractivity contribution in [3.8, 4) is 0 Å². The van der Waals surface area contributed by atoms with Gasteiger partial charge in [0.05, 0.1) is 0 Å². The first-order valence-corrected chi connectivity index (χ1v) is 6.90. The minimum atomic E-state index is -0.964. The first-order valence-electron chi connectivity index (χ1n) is 6.90. The lowest BCUT2D eigenvalue weighted by Gasteiger charge is -2.31. The molecule has 5 nitrogen and oxygen atoms in total. The van der Waals surface area contributed by atoms with Crippen molar-refractivity contribution in [3.05, 3.63) is 0 Å². The van der Waals surface area contributed by atoms with E-state index in [0.29, 0.717) is 5.92 Å². The van der Waals surface area contributed by atoms with Crippen molar-refractivity contribution in [2.75, 3.05) is 19.6 Å². The van der Waals surface area contributed by atoms with E-state index in [1.165, 1.54) is 4.90 Å². The minimum absolute atomic E-state index is 0.0997. The fourth-order valence-corrected chi connectivity index (χ4v) is 2.44. The molecule has 1 atom stereocenters. The molecule has 1 saturated heterocycles. The predicted molar refractivity (Wildman–Crippen MR) is 74.0 cm³/mol. The maximum atomic E-state index is 12.4. The number of carboxylic acid groups (broad SMARTS) is 1. The summed E-state index contributed by atoms with van der Waals surface area (Å²) in [4.78, 5) is 26.4. The number of hydrogen-bond acceptors (Lipinski definition) is 2. The van der Waals surface area contributed by atoms with Gasteiger partial charge in [-0.25, -0.2) is 4.79 Å². The molecule has 110 valence electrons. The average Bonchev–Trinajstić information content (AvgIpc) is 2.72. The zero-order valence-electron chi connectivity index (χ0n) is 12.6. The molecular formula is C14H26N2O3. The zero-order chi connectivity index (χ0) is 14.8. The fourth-order valence-electron chi connectivity index (χ4n) is 2.44. The first kappa shape index (κ1) is 15.8. The third-order valence-electron chi connectivity index (χ3n) is 3.86. The molecule has 0 saturated carbocycles. The van der Waals surface area contributed by atoms with E-state index in [4.69, 9.17) is 5.11 Å². The second kappa shape index (κ2) is 5.80. The Morgan fingerprint density at radius 3 is 2.32 bits per heavy atom. The van der Waals surface area contributed by atoms with Crippen LogP contribution >= 0.6 is 0 Å². The number of urea groups is 1. The second-order valence-electron chi connectivity index (χ2n) is 6.70. The highest BCUT2D eigenvalue weighted by molar-refractivity contribution is 5.80. The van der Waals surface area contributed by atoms with Crippen LogP contribution < -0.4 is 0 Å². The smallest absolute Gasteiger partial charge is 0.323 e. The van der Waals surface area contributed by atoms with Crippen LogP contribution in [0, 0.1) is 11.3 Å². The molecule has 1 fully saturated rings. The van der Waals surface area contributed by atoms with Gasteiger partial charge in [0.2, 0.25) is 0 Å². The fraction of sp³-hybridized carbons (Fsp3) is 0.857. The number of amides is 2. The third-order valence-corrected chi connectivity index (χ3v) is 3.86. The second-order valence-corrected chi connectivity index (χ2v) is 6.70. The third kappa shape index (κ3) is 4.11. The standard InChI is InChI=1S/C14H26N2O3/c1-10(2)16(9-12(17)18)13(19)15-7-6-11(8-15)14(3,4)5/h10-11H,6-9H2,1-5H3,(H,17,18). The van der Waals surface area contributed by atoms with Crippen LogP contribution in [-0.4, -0.2) is 52.6 Å². The monoisotopic (exact) mass is 270 g/mol. The lowest BCUT2D eigenvalue weighted by Crippen LogP contribution is -2.48. The number of nitrogens with zero attached hydrogens (tertiary/aromatic N) is 2. The van der Waals surface area contributed by atoms with Crippen LogP contribution in [0.5, 0.6) is 0 Å². The molecule has 0 aromatic rings. The molecule has 5 heteroatoms. The molecule has 1 N–H and O–H groups in total. The van der Waals surface area contributed by atoms with E-state index in [2.05, 4.69) is 20.8 Å². The van der Waals surface area contributed by atoms with Gasteiger partial charge in [0, 0.05) is 19.1 Å². The quantitative estimate of drug-likeness (QED) is 0.855. The van der Waals surface area contributed by atoms with Crippen molar-refractivity contribution in [3.63, 3.8) is 0 Å². The highest BCUT2D eigenvalue weighted by atomic mass is 16.4. The maximum absolute atomic E-state index is 12.4. The molecule has 19 heavy (non-hydrogen) atoms. The van der Waals surface area contributed by atoms with Gasteiger partial charge in [-0.1, -0.05) is 20.8 Å². The number of likely N-dealkylation sites (tertiary alicyclic amines) is 1. The van der Waals surface area contributed by atoms with Gasteiger partial charge in [0.25, 0.3) is 0 Å². The summed E-state index contributed by atoms with van der Waals surface area (Å²) in [5.74, 6) is -0.482. The van der Waals surface area contributed by atoms with Crippen molar-refractivity contribution in [2.24, 2.45) is 11.3 Å². The summed E-state index contributed by atoms with van der Waals surface area (Å²) in [7, 11) is 0. The van der Waals surface area contributed by atoms with E-state index in [-0.39, 0.29) is 24.0 Å². The van der Waals surface area contributed by atoms with Crippen molar-refractivity contribution >= 4 is 12.0 Å². The van der Waals surface area contributed by atoms with Crippen LogP contribution in [0.4, 0.5) is 4.79 Å². The number of aliphatic carboxylic acids is 1. The summed E-state index contributed by atoms with van der Waals surface area (Å²) in [6, 6.07) is -0.249. The Bertz CT molecular complexity index is 347. The van der Waals surface area contributed by atoms with E-state index < -0.39 is 5.97 Å². The number of carboxylic acids is 1. The van der Waals surface area contributed by atoms with Crippen molar-refractivity contribution in [2.45, 2.75) is 47.1 Å². The van der Waals surface area contributed by atoms with Gasteiger partial charge < -0.3 is 14.9 Å². The van der Waals surface area contributed by atoms with Crippen LogP contribution in [0.25, 0.3) is 0 Å². The largest absolute Gasteiger partial charge is 0.480 e. The highest BCUT2D eigenvalue weighted by Gasteiger charge is 2.36. The lowest BCUT2D eigenvalue weighted by molar-refractivity contribution is -0.138. The molecule has 1 unspecified atom stereocenters. The van der Waals surface area contributed by atoms with E-state index >= 15 is 0 Å². The van der Waals surface area contributed by atoms with Crippen molar-refractivity contribution < 1.29 is 14.7 Å². The van der Waals surface area contributed by atoms with E-state index in [0.717, 1.165) is 19.5 Å². The molecule has 1 rings (SSSR count). The Morgan fingerprint density at radius 1 is 1.37 bits per heavy atom. The van der Waals surface area contributed by atoms with Gasteiger partial charge in [-0.2, -0.15) is 0 Å². The SMILES string of the molecule is CC(C)N(CC(=O)O)C(=O)N1CCC(C(C)(C)C)C1. The normalized spacial score (nSPS) is 19.9. The molecule has 0 aliphatic carbocycles. The van der Waals surface area contributed by atoms with E-state index in [1.54, 1.807) is 4.90 Å². The Hall–Kier alpha value is -1.26. The molecular weight excluding hydrogens is 244 g/mol. The molecule has 2 amide bonds. The minimum Gasteiger partial charge on any atom is -0.480 e. The zero-order valence-corrected chi connectivity index (χ0v) is 12.6. The Kier molecular flexibility index (Phi) is 4.82. The molecule has 0 aromatic carbocycles. The summed E-state index contributed by atoms with van der Waals surface area (Å²) in [6.45, 7) is 11.5. The Morgan fingerprint density at radius 2 is 1.95 bits per heavy atom. The number of carbonyl (C=O) groups excluding carboxylic acids is 1. The van der Waals surface area contributed by atoms with E-state index in [9.17, 15) is 9.59 Å².